The molecule has 0 spiro atoms. The molecule has 1 aliphatic heterocycles. The lowest BCUT2D eigenvalue weighted by molar-refractivity contribution is -0.145. The second-order valence-corrected chi connectivity index (χ2v) is 4.42. The van der Waals surface area contributed by atoms with Gasteiger partial charge in [0.05, 0.1) is 12.2 Å². The molecule has 1 fully saturated rings. The maximum atomic E-state index is 10.3. The van der Waals surface area contributed by atoms with Gasteiger partial charge >= 0.3 is 5.97 Å². The number of hydrogen-bond donors (Lipinski definition) is 2. The SMILES string of the molecule is CC(O)C(C)N1CCC(OCC(=O)O)CC1. The first-order valence-electron chi connectivity index (χ1n) is 5.76. The zero-order valence-electron chi connectivity index (χ0n) is 9.93. The summed E-state index contributed by atoms with van der Waals surface area (Å²) in [6.45, 7) is 5.30. The molecular weight excluding hydrogens is 210 g/mol. The largest absolute Gasteiger partial charge is 0.480 e. The molecule has 5 nitrogen and oxygen atoms in total. The minimum Gasteiger partial charge on any atom is -0.480 e. The van der Waals surface area contributed by atoms with Crippen molar-refractivity contribution < 1.29 is 19.7 Å². The summed E-state index contributed by atoms with van der Waals surface area (Å²) in [7, 11) is 0. The Kier molecular flexibility index (Phi) is 5.18. The summed E-state index contributed by atoms with van der Waals surface area (Å²) >= 11 is 0. The third-order valence-corrected chi connectivity index (χ3v) is 3.19. The van der Waals surface area contributed by atoms with Crippen molar-refractivity contribution in [2.75, 3.05) is 19.7 Å². The molecule has 16 heavy (non-hydrogen) atoms. The maximum absolute atomic E-state index is 10.3. The van der Waals surface area contributed by atoms with Crippen molar-refractivity contribution >= 4 is 5.97 Å². The van der Waals surface area contributed by atoms with Gasteiger partial charge in [-0.2, -0.15) is 0 Å². The van der Waals surface area contributed by atoms with E-state index in [0.29, 0.717) is 0 Å². The second-order valence-electron chi connectivity index (χ2n) is 4.42. The number of carboxylic acids is 1. The van der Waals surface area contributed by atoms with E-state index in [1.165, 1.54) is 0 Å². The van der Waals surface area contributed by atoms with Crippen LogP contribution in [-0.2, 0) is 9.53 Å². The van der Waals surface area contributed by atoms with Crippen LogP contribution >= 0.6 is 0 Å². The minimum absolute atomic E-state index is 0.0496. The Morgan fingerprint density at radius 2 is 2.00 bits per heavy atom. The monoisotopic (exact) mass is 231 g/mol. The lowest BCUT2D eigenvalue weighted by Gasteiger charge is -2.36. The molecule has 0 aliphatic carbocycles. The lowest BCUT2D eigenvalue weighted by Crippen LogP contribution is -2.46. The van der Waals surface area contributed by atoms with Crippen LogP contribution in [-0.4, -0.2) is 59.0 Å². The molecule has 0 radical (unpaired) electrons. The van der Waals surface area contributed by atoms with Crippen LogP contribution in [0.2, 0.25) is 0 Å². The molecule has 0 bridgehead atoms. The normalized spacial score (nSPS) is 22.9. The fraction of sp³-hybridized carbons (Fsp3) is 0.909. The fourth-order valence-corrected chi connectivity index (χ4v) is 1.94. The molecule has 2 N–H and O–H groups in total. The molecule has 2 unspecified atom stereocenters. The number of nitrogens with zero attached hydrogens (tertiary/aromatic N) is 1. The van der Waals surface area contributed by atoms with E-state index < -0.39 is 5.97 Å². The van der Waals surface area contributed by atoms with Crippen molar-refractivity contribution in [2.45, 2.75) is 44.9 Å². The standard InChI is InChI=1S/C11H21NO4/c1-8(9(2)13)12-5-3-10(4-6-12)16-7-11(14)15/h8-10,13H,3-7H2,1-2H3,(H,14,15). The highest BCUT2D eigenvalue weighted by molar-refractivity contribution is 5.68. The van der Waals surface area contributed by atoms with Crippen LogP contribution in [0, 0.1) is 0 Å². The molecule has 5 heteroatoms. The van der Waals surface area contributed by atoms with E-state index in [-0.39, 0.29) is 24.9 Å². The lowest BCUT2D eigenvalue weighted by atomic mass is 10.0. The average Bonchev–Trinajstić information content (AvgIpc) is 2.26. The first-order valence-corrected chi connectivity index (χ1v) is 5.76. The molecule has 94 valence electrons. The third-order valence-electron chi connectivity index (χ3n) is 3.19. The van der Waals surface area contributed by atoms with Gasteiger partial charge in [0.2, 0.25) is 0 Å². The van der Waals surface area contributed by atoms with Crippen molar-refractivity contribution in [3.05, 3.63) is 0 Å². The zero-order chi connectivity index (χ0) is 12.1. The van der Waals surface area contributed by atoms with E-state index in [2.05, 4.69) is 4.90 Å². The van der Waals surface area contributed by atoms with E-state index in [4.69, 9.17) is 9.84 Å². The summed E-state index contributed by atoms with van der Waals surface area (Å²) in [5, 5.41) is 18.0. The number of aliphatic carboxylic acids is 1. The summed E-state index contributed by atoms with van der Waals surface area (Å²) in [5.41, 5.74) is 0. The third kappa shape index (κ3) is 4.08. The van der Waals surface area contributed by atoms with Crippen LogP contribution in [0.5, 0.6) is 0 Å². The number of ether oxygens (including phenoxy) is 1. The molecule has 0 aromatic heterocycles. The summed E-state index contributed by atoms with van der Waals surface area (Å²) < 4.78 is 5.24. The van der Waals surface area contributed by atoms with E-state index in [9.17, 15) is 9.90 Å². The number of piperidine rings is 1. The van der Waals surface area contributed by atoms with Gasteiger partial charge in [-0.05, 0) is 26.7 Å². The van der Waals surface area contributed by atoms with E-state index >= 15 is 0 Å². The quantitative estimate of drug-likeness (QED) is 0.713. The number of aliphatic hydroxyl groups excluding tert-OH is 1. The second kappa shape index (κ2) is 6.18. The molecule has 1 heterocycles. The van der Waals surface area contributed by atoms with Gasteiger partial charge in [-0.25, -0.2) is 4.79 Å². The highest BCUT2D eigenvalue weighted by Crippen LogP contribution is 2.17. The Morgan fingerprint density at radius 1 is 1.44 bits per heavy atom. The van der Waals surface area contributed by atoms with Gasteiger partial charge in [-0.15, -0.1) is 0 Å². The Bertz CT molecular complexity index is 224. The average molecular weight is 231 g/mol. The van der Waals surface area contributed by atoms with E-state index in [0.717, 1.165) is 25.9 Å². The fourth-order valence-electron chi connectivity index (χ4n) is 1.94. The maximum Gasteiger partial charge on any atom is 0.329 e. The number of likely N-dealkylation sites (tertiary alicyclic amines) is 1. The summed E-state index contributed by atoms with van der Waals surface area (Å²) in [4.78, 5) is 12.5. The molecule has 1 aliphatic rings. The van der Waals surface area contributed by atoms with Crippen molar-refractivity contribution in [1.82, 2.24) is 4.90 Å². The van der Waals surface area contributed by atoms with Gasteiger partial charge < -0.3 is 14.9 Å². The molecule has 1 saturated heterocycles. The molecule has 2 atom stereocenters. The van der Waals surface area contributed by atoms with Gasteiger partial charge in [0, 0.05) is 19.1 Å². The van der Waals surface area contributed by atoms with Gasteiger partial charge in [-0.3, -0.25) is 4.90 Å². The predicted octanol–water partition coefficient (Wildman–Crippen LogP) is 0.321. The first-order chi connectivity index (χ1) is 7.50. The summed E-state index contributed by atoms with van der Waals surface area (Å²) in [6.07, 6.45) is 1.39. The smallest absolute Gasteiger partial charge is 0.329 e. The number of hydrogen-bond acceptors (Lipinski definition) is 4. The van der Waals surface area contributed by atoms with Crippen LogP contribution in [0.1, 0.15) is 26.7 Å². The highest BCUT2D eigenvalue weighted by atomic mass is 16.5. The van der Waals surface area contributed by atoms with E-state index in [1.807, 2.05) is 6.92 Å². The summed E-state index contributed by atoms with van der Waals surface area (Å²) in [6, 6.07) is 0.153. The first kappa shape index (κ1) is 13.4. The Hall–Kier alpha value is -0.650. The number of aliphatic hydroxyl groups is 1. The van der Waals surface area contributed by atoms with Crippen molar-refractivity contribution in [3.8, 4) is 0 Å². The van der Waals surface area contributed by atoms with Crippen LogP contribution < -0.4 is 0 Å². The van der Waals surface area contributed by atoms with Crippen LogP contribution in [0.15, 0.2) is 0 Å². The van der Waals surface area contributed by atoms with Crippen LogP contribution in [0.25, 0.3) is 0 Å². The number of rotatable bonds is 5. The van der Waals surface area contributed by atoms with Crippen molar-refractivity contribution in [1.29, 1.82) is 0 Å². The Labute approximate surface area is 96.0 Å². The Morgan fingerprint density at radius 3 is 2.44 bits per heavy atom. The van der Waals surface area contributed by atoms with Crippen molar-refractivity contribution in [3.63, 3.8) is 0 Å². The highest BCUT2D eigenvalue weighted by Gasteiger charge is 2.25. The minimum atomic E-state index is -0.917. The van der Waals surface area contributed by atoms with E-state index in [1.54, 1.807) is 6.92 Å². The molecular formula is C11H21NO4. The van der Waals surface area contributed by atoms with Gasteiger partial charge in [0.25, 0.3) is 0 Å². The number of carboxylic acid groups (broad SMARTS) is 1. The van der Waals surface area contributed by atoms with Gasteiger partial charge in [-0.1, -0.05) is 0 Å². The molecule has 0 saturated carbocycles. The van der Waals surface area contributed by atoms with Gasteiger partial charge in [0.15, 0.2) is 0 Å². The van der Waals surface area contributed by atoms with Crippen LogP contribution in [0.4, 0.5) is 0 Å². The molecule has 0 aromatic rings. The zero-order valence-corrected chi connectivity index (χ0v) is 9.93. The molecule has 0 amide bonds. The van der Waals surface area contributed by atoms with Gasteiger partial charge in [0.1, 0.15) is 6.61 Å². The van der Waals surface area contributed by atoms with Crippen molar-refractivity contribution in [2.24, 2.45) is 0 Å². The topological polar surface area (TPSA) is 70.0 Å². The molecule has 0 aromatic carbocycles. The predicted molar refractivity (Wildman–Crippen MR) is 59.3 cm³/mol. The van der Waals surface area contributed by atoms with Crippen LogP contribution in [0.3, 0.4) is 0 Å². The Balaban J connectivity index is 2.25. The number of carbonyl (C=O) groups is 1. The molecule has 1 rings (SSSR count). The summed E-state index contributed by atoms with van der Waals surface area (Å²) in [5.74, 6) is -0.917.